The van der Waals surface area contributed by atoms with E-state index in [1.165, 1.54) is 23.9 Å². The Bertz CT molecular complexity index is 686. The van der Waals surface area contributed by atoms with E-state index in [0.29, 0.717) is 23.2 Å². The molecule has 2 heterocycles. The van der Waals surface area contributed by atoms with Crippen molar-refractivity contribution in [2.75, 3.05) is 13.2 Å². The van der Waals surface area contributed by atoms with Crippen molar-refractivity contribution >= 4 is 17.7 Å². The summed E-state index contributed by atoms with van der Waals surface area (Å²) in [6.07, 6.45) is 2.13. The summed E-state index contributed by atoms with van der Waals surface area (Å²) in [5, 5.41) is 10.7. The van der Waals surface area contributed by atoms with Crippen molar-refractivity contribution in [3.8, 4) is 11.5 Å². The molecule has 0 unspecified atom stereocenters. The number of nitrogens with one attached hydrogen (secondary N) is 1. The third-order valence-corrected chi connectivity index (χ3v) is 4.61. The van der Waals surface area contributed by atoms with E-state index in [1.807, 2.05) is 0 Å². The van der Waals surface area contributed by atoms with E-state index >= 15 is 0 Å². The summed E-state index contributed by atoms with van der Waals surface area (Å²) >= 11 is 1.19. The van der Waals surface area contributed by atoms with Crippen molar-refractivity contribution in [1.82, 2.24) is 15.5 Å². The topological polar surface area (TPSA) is 77.2 Å². The van der Waals surface area contributed by atoms with Gasteiger partial charge in [0.15, 0.2) is 0 Å². The van der Waals surface area contributed by atoms with Crippen LogP contribution in [0.3, 0.4) is 0 Å². The minimum atomic E-state index is -0.368. The number of hydrogen-bond donors (Lipinski definition) is 1. The third kappa shape index (κ3) is 4.33. The summed E-state index contributed by atoms with van der Waals surface area (Å²) in [5.41, 5.74) is 0.631. The molecule has 1 aliphatic rings. The van der Waals surface area contributed by atoms with Crippen LogP contribution in [0.2, 0.25) is 0 Å². The molecule has 1 aromatic heterocycles. The van der Waals surface area contributed by atoms with Crippen LogP contribution in [0.15, 0.2) is 33.9 Å². The predicted molar refractivity (Wildman–Crippen MR) is 87.0 cm³/mol. The van der Waals surface area contributed by atoms with E-state index in [4.69, 9.17) is 9.15 Å². The fraction of sp³-hybridized carbons (Fsp3) is 0.438. The lowest BCUT2D eigenvalue weighted by Gasteiger charge is -2.13. The lowest BCUT2D eigenvalue weighted by molar-refractivity contribution is -0.120. The van der Waals surface area contributed by atoms with E-state index in [1.54, 1.807) is 19.1 Å². The van der Waals surface area contributed by atoms with E-state index < -0.39 is 0 Å². The fourth-order valence-electron chi connectivity index (χ4n) is 2.33. The van der Waals surface area contributed by atoms with Gasteiger partial charge in [0, 0.05) is 18.7 Å². The molecule has 1 N–H and O–H groups in total. The minimum absolute atomic E-state index is 0.1000. The highest BCUT2D eigenvalue weighted by Gasteiger charge is 2.21. The zero-order valence-corrected chi connectivity index (χ0v) is 14.0. The van der Waals surface area contributed by atoms with Gasteiger partial charge in [-0.3, -0.25) is 4.79 Å². The summed E-state index contributed by atoms with van der Waals surface area (Å²) in [6, 6.07) is 5.78. The highest BCUT2D eigenvalue weighted by Crippen LogP contribution is 2.26. The highest BCUT2D eigenvalue weighted by molar-refractivity contribution is 8.00. The maximum absolute atomic E-state index is 12.9. The number of carbonyl (C=O) groups is 1. The summed E-state index contributed by atoms with van der Waals surface area (Å²) in [7, 11) is 0. The first-order valence-electron chi connectivity index (χ1n) is 7.77. The number of benzene rings is 1. The van der Waals surface area contributed by atoms with Crippen molar-refractivity contribution in [1.29, 1.82) is 0 Å². The fourth-order valence-corrected chi connectivity index (χ4v) is 3.04. The maximum atomic E-state index is 12.9. The lowest BCUT2D eigenvalue weighted by atomic mass is 10.2. The van der Waals surface area contributed by atoms with Gasteiger partial charge < -0.3 is 14.5 Å². The zero-order chi connectivity index (χ0) is 16.9. The Morgan fingerprint density at radius 3 is 2.92 bits per heavy atom. The lowest BCUT2D eigenvalue weighted by Crippen LogP contribution is -2.36. The van der Waals surface area contributed by atoms with Gasteiger partial charge in [-0.2, -0.15) is 0 Å². The van der Waals surface area contributed by atoms with Gasteiger partial charge >= 0.3 is 0 Å². The zero-order valence-electron chi connectivity index (χ0n) is 13.2. The maximum Gasteiger partial charge on any atom is 0.277 e. The molecule has 1 amide bonds. The Labute approximate surface area is 143 Å². The Morgan fingerprint density at radius 1 is 1.42 bits per heavy atom. The van der Waals surface area contributed by atoms with Crippen LogP contribution in [0.4, 0.5) is 4.39 Å². The van der Waals surface area contributed by atoms with Crippen molar-refractivity contribution in [2.45, 2.75) is 36.3 Å². The average molecular weight is 351 g/mol. The first-order chi connectivity index (χ1) is 11.6. The molecule has 1 aliphatic heterocycles. The molecule has 3 rings (SSSR count). The smallest absolute Gasteiger partial charge is 0.277 e. The minimum Gasteiger partial charge on any atom is -0.411 e. The van der Waals surface area contributed by atoms with Gasteiger partial charge in [0.25, 0.3) is 5.22 Å². The van der Waals surface area contributed by atoms with Gasteiger partial charge in [-0.25, -0.2) is 4.39 Å². The van der Waals surface area contributed by atoms with Gasteiger partial charge in [-0.05, 0) is 44.0 Å². The number of amides is 1. The van der Waals surface area contributed by atoms with E-state index in [0.717, 1.165) is 19.4 Å². The molecule has 1 aromatic carbocycles. The molecule has 24 heavy (non-hydrogen) atoms. The molecule has 0 radical (unpaired) electrons. The van der Waals surface area contributed by atoms with E-state index in [2.05, 4.69) is 15.5 Å². The number of aromatic nitrogens is 2. The van der Waals surface area contributed by atoms with Crippen LogP contribution >= 0.6 is 11.8 Å². The Balaban J connectivity index is 1.53. The molecule has 0 spiro atoms. The number of rotatable bonds is 6. The van der Waals surface area contributed by atoms with Crippen LogP contribution < -0.4 is 5.32 Å². The second-order valence-corrected chi connectivity index (χ2v) is 6.81. The number of hydrogen-bond acceptors (Lipinski definition) is 6. The van der Waals surface area contributed by atoms with Crippen LogP contribution in [0.5, 0.6) is 0 Å². The quantitative estimate of drug-likeness (QED) is 0.806. The Morgan fingerprint density at radius 2 is 2.21 bits per heavy atom. The van der Waals surface area contributed by atoms with Crippen LogP contribution in [-0.4, -0.2) is 40.6 Å². The number of halogens is 1. The first kappa shape index (κ1) is 16.9. The van der Waals surface area contributed by atoms with E-state index in [9.17, 15) is 9.18 Å². The molecule has 8 heteroatoms. The molecule has 0 bridgehead atoms. The van der Waals surface area contributed by atoms with Crippen molar-refractivity contribution < 1.29 is 18.3 Å². The molecule has 6 nitrogen and oxygen atoms in total. The van der Waals surface area contributed by atoms with E-state index in [-0.39, 0.29) is 23.1 Å². The number of thioether (sulfide) groups is 1. The molecule has 2 aromatic rings. The molecular formula is C16H18FN3O3S. The normalized spacial score (nSPS) is 18.5. The van der Waals surface area contributed by atoms with Crippen LogP contribution in [0, 0.1) is 5.82 Å². The molecular weight excluding hydrogens is 333 g/mol. The van der Waals surface area contributed by atoms with Crippen LogP contribution in [0.25, 0.3) is 11.5 Å². The van der Waals surface area contributed by atoms with Crippen molar-refractivity contribution in [3.05, 3.63) is 30.1 Å². The summed E-state index contributed by atoms with van der Waals surface area (Å²) in [4.78, 5) is 12.1. The van der Waals surface area contributed by atoms with Gasteiger partial charge in [0.1, 0.15) is 5.82 Å². The number of nitrogens with zero attached hydrogens (tertiary/aromatic N) is 2. The van der Waals surface area contributed by atoms with Crippen molar-refractivity contribution in [3.63, 3.8) is 0 Å². The molecule has 0 saturated carbocycles. The Hall–Kier alpha value is -1.93. The first-order valence-corrected chi connectivity index (χ1v) is 8.65. The summed E-state index contributed by atoms with van der Waals surface area (Å²) in [5.74, 6) is -0.133. The van der Waals surface area contributed by atoms with Gasteiger partial charge in [0.05, 0.1) is 11.4 Å². The van der Waals surface area contributed by atoms with Crippen LogP contribution in [0.1, 0.15) is 19.8 Å². The van der Waals surface area contributed by atoms with Gasteiger partial charge in [0.2, 0.25) is 11.8 Å². The standard InChI is InChI=1S/C16H18FN3O3S/c1-10(14(21)18-9-13-3-2-8-22-13)24-16-20-19-15(23-16)11-4-6-12(17)7-5-11/h4-7,10,13H,2-3,8-9H2,1H3,(H,18,21)/t10-,13+/m1/s1. The third-order valence-electron chi connectivity index (χ3n) is 3.67. The molecule has 0 aliphatic carbocycles. The average Bonchev–Trinajstić information content (AvgIpc) is 3.25. The second-order valence-electron chi connectivity index (χ2n) is 5.52. The molecule has 1 fully saturated rings. The second kappa shape index (κ2) is 7.76. The largest absolute Gasteiger partial charge is 0.411 e. The highest BCUT2D eigenvalue weighted by atomic mass is 32.2. The van der Waals surface area contributed by atoms with Gasteiger partial charge in [-0.15, -0.1) is 10.2 Å². The van der Waals surface area contributed by atoms with Gasteiger partial charge in [-0.1, -0.05) is 11.8 Å². The molecule has 2 atom stereocenters. The molecule has 128 valence electrons. The summed E-state index contributed by atoms with van der Waals surface area (Å²) < 4.78 is 23.9. The van der Waals surface area contributed by atoms with Crippen LogP contribution in [-0.2, 0) is 9.53 Å². The number of ether oxygens (including phenoxy) is 1. The molecule has 1 saturated heterocycles. The Kier molecular flexibility index (Phi) is 5.47. The predicted octanol–water partition coefficient (Wildman–Crippen LogP) is 2.65. The summed E-state index contributed by atoms with van der Waals surface area (Å²) in [6.45, 7) is 3.06. The monoisotopic (exact) mass is 351 g/mol. The van der Waals surface area contributed by atoms with Crippen molar-refractivity contribution in [2.24, 2.45) is 0 Å². The SMILES string of the molecule is C[C@@H](Sc1nnc(-c2ccc(F)cc2)o1)C(=O)NC[C@@H]1CCCO1. The number of carbonyl (C=O) groups excluding carboxylic acids is 1.